The molecule has 0 spiro atoms. The first-order chi connectivity index (χ1) is 21.4. The lowest BCUT2D eigenvalue weighted by molar-refractivity contribution is -0.274. The normalized spacial score (nSPS) is 14.4. The van der Waals surface area contributed by atoms with Crippen LogP contribution in [-0.2, 0) is 11.4 Å². The van der Waals surface area contributed by atoms with E-state index in [0.29, 0.717) is 11.4 Å². The highest BCUT2D eigenvalue weighted by atomic mass is 32.2. The molecule has 0 aliphatic carbocycles. The molecule has 1 saturated heterocycles. The fourth-order valence-corrected chi connectivity index (χ4v) is 5.24. The second-order valence-electron chi connectivity index (χ2n) is 10.1. The fraction of sp³-hybridized carbons (Fsp3) is 0.233. The number of benzene rings is 3. The lowest BCUT2D eigenvalue weighted by Gasteiger charge is -2.22. The van der Waals surface area contributed by atoms with Crippen molar-refractivity contribution in [1.29, 1.82) is 0 Å². The Morgan fingerprint density at radius 3 is 2.56 bits per heavy atom. The van der Waals surface area contributed by atoms with Crippen LogP contribution in [0.25, 0.3) is 5.69 Å². The molecule has 4 aromatic rings. The number of thioether (sulfide) groups is 1. The minimum Gasteiger partial charge on any atom is -0.482 e. The van der Waals surface area contributed by atoms with Gasteiger partial charge in [0.1, 0.15) is 18.7 Å². The average molecular weight is 643 g/mol. The summed E-state index contributed by atoms with van der Waals surface area (Å²) in [7, 11) is 0. The number of ether oxygens (including phenoxy) is 2. The van der Waals surface area contributed by atoms with Gasteiger partial charge in [0.25, 0.3) is 0 Å². The number of urea groups is 1. The van der Waals surface area contributed by atoms with Crippen LogP contribution in [0.5, 0.6) is 11.5 Å². The molecule has 234 valence electrons. The molecule has 0 saturated carbocycles. The van der Waals surface area contributed by atoms with Gasteiger partial charge in [0.05, 0.1) is 17.1 Å². The molecule has 2 heterocycles. The third-order valence-electron chi connectivity index (χ3n) is 6.43. The Morgan fingerprint density at radius 2 is 1.87 bits per heavy atom. The number of amides is 3. The Morgan fingerprint density at radius 1 is 1.11 bits per heavy atom. The van der Waals surface area contributed by atoms with Gasteiger partial charge in [-0.05, 0) is 66.4 Å². The highest BCUT2D eigenvalue weighted by molar-refractivity contribution is 8.15. The van der Waals surface area contributed by atoms with E-state index in [9.17, 15) is 27.2 Å². The van der Waals surface area contributed by atoms with E-state index in [-0.39, 0.29) is 52.4 Å². The average Bonchev–Trinajstić information content (AvgIpc) is 3.58. The maximum absolute atomic E-state index is 14.8. The fourth-order valence-electron chi connectivity index (χ4n) is 4.38. The molecule has 0 radical (unpaired) electrons. The maximum Gasteiger partial charge on any atom is 0.573 e. The number of aliphatic imine (C=N–C) groups is 1. The number of aromatic nitrogens is 3. The number of rotatable bonds is 8. The second kappa shape index (κ2) is 13.0. The first kappa shape index (κ1) is 31.5. The van der Waals surface area contributed by atoms with Crippen molar-refractivity contribution in [2.75, 3.05) is 16.0 Å². The number of aryl methyl sites for hydroxylation is 1. The predicted octanol–water partition coefficient (Wildman–Crippen LogP) is 6.98. The van der Waals surface area contributed by atoms with E-state index >= 15 is 0 Å². The van der Waals surface area contributed by atoms with Crippen molar-refractivity contribution in [2.45, 2.75) is 39.7 Å². The smallest absolute Gasteiger partial charge is 0.482 e. The lowest BCUT2D eigenvalue weighted by atomic mass is 9.99. The maximum atomic E-state index is 14.8. The summed E-state index contributed by atoms with van der Waals surface area (Å²) < 4.78 is 62.6. The monoisotopic (exact) mass is 642 g/mol. The molecule has 0 bridgehead atoms. The van der Waals surface area contributed by atoms with Gasteiger partial charge in [0.15, 0.2) is 22.6 Å². The highest BCUT2D eigenvalue weighted by Gasteiger charge is 2.33. The van der Waals surface area contributed by atoms with Crippen LogP contribution in [-0.4, -0.2) is 44.0 Å². The molecule has 0 unspecified atom stereocenters. The summed E-state index contributed by atoms with van der Waals surface area (Å²) in [4.78, 5) is 35.1. The zero-order valence-electron chi connectivity index (χ0n) is 24.1. The number of carbonyl (C=O) groups excluding carboxylic acids is 2. The van der Waals surface area contributed by atoms with Crippen LogP contribution in [0.3, 0.4) is 0 Å². The topological polar surface area (TPSA) is 111 Å². The zero-order valence-corrected chi connectivity index (χ0v) is 24.9. The van der Waals surface area contributed by atoms with Crippen molar-refractivity contribution in [1.82, 2.24) is 14.8 Å². The van der Waals surface area contributed by atoms with E-state index < -0.39 is 18.2 Å². The lowest BCUT2D eigenvalue weighted by Crippen LogP contribution is -2.31. The van der Waals surface area contributed by atoms with Crippen LogP contribution >= 0.6 is 11.8 Å². The number of nitrogens with zero attached hydrogens (tertiary/aromatic N) is 5. The molecule has 1 N–H and O–H groups in total. The number of amidine groups is 1. The standard InChI is InChI=1S/C30H26F4N6O4S/c1-17(2)22-10-4-18(3)12-24(22)40-27(41)15-45-29(40)37-28(42)36-19-5-11-25(23(31)13-19)43-14-26-35-16-39(38-26)20-6-8-21(9-7-20)44-30(32,33)34/h4-13,16-17H,14-15H2,1-3H3,(H,36,42)/b37-29-. The molecule has 1 aliphatic rings. The van der Waals surface area contributed by atoms with Crippen molar-refractivity contribution >= 4 is 40.2 Å². The van der Waals surface area contributed by atoms with Crippen LogP contribution in [0.2, 0.25) is 0 Å². The molecule has 3 amide bonds. The van der Waals surface area contributed by atoms with Crippen molar-refractivity contribution in [3.8, 4) is 17.2 Å². The number of carbonyl (C=O) groups is 2. The molecule has 15 heteroatoms. The predicted molar refractivity (Wildman–Crippen MR) is 160 cm³/mol. The molecule has 0 atom stereocenters. The van der Waals surface area contributed by atoms with E-state index in [4.69, 9.17) is 4.74 Å². The van der Waals surface area contributed by atoms with Gasteiger partial charge in [-0.25, -0.2) is 18.9 Å². The highest BCUT2D eigenvalue weighted by Crippen LogP contribution is 2.34. The van der Waals surface area contributed by atoms with E-state index in [0.717, 1.165) is 41.1 Å². The number of halogens is 4. The summed E-state index contributed by atoms with van der Waals surface area (Å²) in [6.07, 6.45) is -3.47. The van der Waals surface area contributed by atoms with Gasteiger partial charge in [-0.2, -0.15) is 4.99 Å². The summed E-state index contributed by atoms with van der Waals surface area (Å²) >= 11 is 1.14. The zero-order chi connectivity index (χ0) is 32.3. The number of hydrogen-bond acceptors (Lipinski definition) is 7. The van der Waals surface area contributed by atoms with Crippen molar-refractivity contribution in [3.63, 3.8) is 0 Å². The van der Waals surface area contributed by atoms with E-state index in [1.165, 1.54) is 40.2 Å². The van der Waals surface area contributed by atoms with E-state index in [1.807, 2.05) is 39.0 Å². The second-order valence-corrected chi connectivity index (χ2v) is 11.1. The van der Waals surface area contributed by atoms with Gasteiger partial charge in [0, 0.05) is 11.8 Å². The van der Waals surface area contributed by atoms with Gasteiger partial charge in [-0.15, -0.1) is 18.3 Å². The first-order valence-electron chi connectivity index (χ1n) is 13.5. The van der Waals surface area contributed by atoms with Crippen LogP contribution in [0.15, 0.2) is 72.0 Å². The molecule has 5 rings (SSSR count). The number of anilines is 2. The van der Waals surface area contributed by atoms with Crippen LogP contribution in [0.1, 0.15) is 36.7 Å². The molecular weight excluding hydrogens is 616 g/mol. The van der Waals surface area contributed by atoms with E-state index in [2.05, 4.69) is 25.1 Å². The summed E-state index contributed by atoms with van der Waals surface area (Å²) in [5, 5.41) is 6.92. The van der Waals surface area contributed by atoms with Crippen LogP contribution < -0.4 is 19.7 Å². The van der Waals surface area contributed by atoms with Gasteiger partial charge >= 0.3 is 12.4 Å². The van der Waals surface area contributed by atoms with Crippen LogP contribution in [0.4, 0.5) is 33.7 Å². The SMILES string of the molecule is Cc1ccc(C(C)C)c(N2C(=O)CS/C2=N\C(=O)Nc2ccc(OCc3ncn(-c4ccc(OC(F)(F)F)cc4)n3)c(F)c2)c1. The summed E-state index contributed by atoms with van der Waals surface area (Å²) in [6.45, 7) is 5.73. The molecule has 3 aromatic carbocycles. The third-order valence-corrected chi connectivity index (χ3v) is 7.35. The van der Waals surface area contributed by atoms with Crippen LogP contribution in [0, 0.1) is 12.7 Å². The third kappa shape index (κ3) is 7.78. The Bertz CT molecular complexity index is 1760. The number of hydrogen-bond donors (Lipinski definition) is 1. The Kier molecular flexibility index (Phi) is 9.09. The number of alkyl halides is 3. The Hall–Kier alpha value is -4.92. The molecule has 1 aromatic heterocycles. The summed E-state index contributed by atoms with van der Waals surface area (Å²) in [5.74, 6) is -1.03. The molecule has 10 nitrogen and oxygen atoms in total. The minimum atomic E-state index is -4.80. The van der Waals surface area contributed by atoms with Gasteiger partial charge in [0.2, 0.25) is 5.91 Å². The number of nitrogens with one attached hydrogen (secondary N) is 1. The van der Waals surface area contributed by atoms with Crippen molar-refractivity contribution in [2.24, 2.45) is 4.99 Å². The quantitative estimate of drug-likeness (QED) is 0.207. The summed E-state index contributed by atoms with van der Waals surface area (Å²) in [6, 6.07) is 13.8. The summed E-state index contributed by atoms with van der Waals surface area (Å²) in [5.41, 5.74) is 3.11. The largest absolute Gasteiger partial charge is 0.573 e. The van der Waals surface area contributed by atoms with Gasteiger partial charge in [-0.3, -0.25) is 9.69 Å². The molecular formula is C30H26F4N6O4S. The minimum absolute atomic E-state index is 0.119. The van der Waals surface area contributed by atoms with Crippen molar-refractivity contribution in [3.05, 3.63) is 89.8 Å². The molecule has 45 heavy (non-hydrogen) atoms. The van der Waals surface area contributed by atoms with Gasteiger partial charge < -0.3 is 14.8 Å². The van der Waals surface area contributed by atoms with Crippen molar-refractivity contribution < 1.29 is 36.6 Å². The van der Waals surface area contributed by atoms with E-state index in [1.54, 1.807) is 0 Å². The first-order valence-corrected chi connectivity index (χ1v) is 14.5. The van der Waals surface area contributed by atoms with Gasteiger partial charge in [-0.1, -0.05) is 37.7 Å². The Labute approximate surface area is 259 Å². The Balaban J connectivity index is 1.21. The molecule has 1 fully saturated rings. The molecule has 1 aliphatic heterocycles.